The number of rotatable bonds is 24. The van der Waals surface area contributed by atoms with Gasteiger partial charge in [-0.1, -0.05) is 40.0 Å². The highest BCUT2D eigenvalue weighted by atomic mass is 16.5. The molecule has 0 bridgehead atoms. The molecule has 0 aliphatic rings. The zero-order valence-corrected chi connectivity index (χ0v) is 23.2. The standard InChI is InChI=1S/C24H48N6O6/c1-7-10-13-34-19-28(16-31-4)22-25-23(29(17-32-5)20-35-14-11-8-2)27-24(26-22)30(18-33-6)21-36-15-12-9-3/h7-21H2,1-6H3. The summed E-state index contributed by atoms with van der Waals surface area (Å²) < 4.78 is 33.8. The van der Waals surface area contributed by atoms with Crippen molar-refractivity contribution in [3.05, 3.63) is 0 Å². The third-order valence-corrected chi connectivity index (χ3v) is 4.97. The van der Waals surface area contributed by atoms with Gasteiger partial charge in [0.15, 0.2) is 0 Å². The van der Waals surface area contributed by atoms with Gasteiger partial charge in [-0.3, -0.25) is 14.7 Å². The van der Waals surface area contributed by atoms with Crippen molar-refractivity contribution < 1.29 is 28.4 Å². The highest BCUT2D eigenvalue weighted by Gasteiger charge is 2.21. The van der Waals surface area contributed by atoms with Gasteiger partial charge in [-0.25, -0.2) is 0 Å². The van der Waals surface area contributed by atoms with Crippen LogP contribution >= 0.6 is 0 Å². The Kier molecular flexibility index (Phi) is 19.0. The van der Waals surface area contributed by atoms with Crippen molar-refractivity contribution in [3.63, 3.8) is 0 Å². The predicted molar refractivity (Wildman–Crippen MR) is 140 cm³/mol. The first-order valence-corrected chi connectivity index (χ1v) is 12.9. The van der Waals surface area contributed by atoms with E-state index < -0.39 is 0 Å². The van der Waals surface area contributed by atoms with E-state index in [2.05, 4.69) is 20.8 Å². The number of unbranched alkanes of at least 4 members (excludes halogenated alkanes) is 3. The van der Waals surface area contributed by atoms with Crippen molar-refractivity contribution in [1.82, 2.24) is 15.0 Å². The molecule has 210 valence electrons. The fourth-order valence-electron chi connectivity index (χ4n) is 2.96. The minimum Gasteiger partial charge on any atom is -0.364 e. The Hall–Kier alpha value is -1.83. The summed E-state index contributed by atoms with van der Waals surface area (Å²) in [6, 6.07) is 0. The lowest BCUT2D eigenvalue weighted by atomic mass is 10.4. The Morgan fingerprint density at radius 1 is 0.472 bits per heavy atom. The van der Waals surface area contributed by atoms with E-state index in [1.807, 2.05) is 14.7 Å². The fourth-order valence-corrected chi connectivity index (χ4v) is 2.96. The summed E-state index contributed by atoms with van der Waals surface area (Å²) in [6.07, 6.45) is 6.08. The zero-order valence-electron chi connectivity index (χ0n) is 23.2. The van der Waals surface area contributed by atoms with Crippen LogP contribution in [0.15, 0.2) is 0 Å². The van der Waals surface area contributed by atoms with Crippen molar-refractivity contribution >= 4 is 17.8 Å². The van der Waals surface area contributed by atoms with Gasteiger partial charge in [0.05, 0.1) is 0 Å². The number of anilines is 3. The molecule has 12 nitrogen and oxygen atoms in total. The highest BCUT2D eigenvalue weighted by molar-refractivity contribution is 5.45. The van der Waals surface area contributed by atoms with E-state index in [0.717, 1.165) is 38.5 Å². The lowest BCUT2D eigenvalue weighted by Crippen LogP contribution is -2.36. The molecule has 0 aromatic carbocycles. The molecule has 0 unspecified atom stereocenters. The van der Waals surface area contributed by atoms with Gasteiger partial charge in [0.2, 0.25) is 17.8 Å². The van der Waals surface area contributed by atoms with Crippen molar-refractivity contribution in [1.29, 1.82) is 0 Å². The Morgan fingerprint density at radius 2 is 0.750 bits per heavy atom. The second-order valence-corrected chi connectivity index (χ2v) is 8.28. The van der Waals surface area contributed by atoms with E-state index in [0.29, 0.717) is 37.7 Å². The minimum atomic E-state index is 0.254. The molecule has 0 amide bonds. The number of aromatic nitrogens is 3. The molecule has 0 spiro atoms. The lowest BCUT2D eigenvalue weighted by molar-refractivity contribution is 0.0980. The smallest absolute Gasteiger partial charge is 0.235 e. The summed E-state index contributed by atoms with van der Waals surface area (Å²) in [5, 5.41) is 0. The van der Waals surface area contributed by atoms with Gasteiger partial charge in [-0.15, -0.1) is 0 Å². The summed E-state index contributed by atoms with van der Waals surface area (Å²) in [6.45, 7) is 9.91. The zero-order chi connectivity index (χ0) is 26.4. The Balaban J connectivity index is 3.30. The number of methoxy groups -OCH3 is 3. The van der Waals surface area contributed by atoms with Gasteiger partial charge >= 0.3 is 0 Å². The van der Waals surface area contributed by atoms with Crippen LogP contribution in [0.4, 0.5) is 17.8 Å². The second-order valence-electron chi connectivity index (χ2n) is 8.28. The third-order valence-electron chi connectivity index (χ3n) is 4.97. The average Bonchev–Trinajstić information content (AvgIpc) is 2.89. The fraction of sp³-hybridized carbons (Fsp3) is 0.875. The number of nitrogens with zero attached hydrogens (tertiary/aromatic N) is 6. The molecular weight excluding hydrogens is 468 g/mol. The van der Waals surface area contributed by atoms with Gasteiger partial charge in [-0.05, 0) is 19.3 Å². The summed E-state index contributed by atoms with van der Waals surface area (Å²) in [7, 11) is 4.87. The predicted octanol–water partition coefficient (Wildman–Crippen LogP) is 3.43. The van der Waals surface area contributed by atoms with Crippen LogP contribution in [-0.4, -0.2) is 96.5 Å². The van der Waals surface area contributed by atoms with Crippen molar-refractivity contribution in [2.75, 3.05) is 96.2 Å². The molecule has 0 N–H and O–H groups in total. The topological polar surface area (TPSA) is 104 Å². The molecule has 0 fully saturated rings. The number of hydrogen-bond donors (Lipinski definition) is 0. The molecule has 12 heteroatoms. The van der Waals surface area contributed by atoms with Crippen LogP contribution in [0.2, 0.25) is 0 Å². The first-order valence-electron chi connectivity index (χ1n) is 12.9. The SMILES string of the molecule is CCCCOCN(COC)c1nc(N(COC)COCCCC)nc(N(COC)COCCCC)n1. The Labute approximate surface area is 217 Å². The van der Waals surface area contributed by atoms with Gasteiger partial charge in [-0.2, -0.15) is 15.0 Å². The Bertz CT molecular complexity index is 561. The molecular formula is C24H48N6O6. The second kappa shape index (κ2) is 21.3. The summed E-state index contributed by atoms with van der Waals surface area (Å²) in [4.78, 5) is 19.6. The van der Waals surface area contributed by atoms with E-state index in [-0.39, 0.29) is 40.4 Å². The van der Waals surface area contributed by atoms with Gasteiger partial charge in [0, 0.05) is 41.2 Å². The van der Waals surface area contributed by atoms with Crippen molar-refractivity contribution in [3.8, 4) is 0 Å². The van der Waals surface area contributed by atoms with Crippen LogP contribution in [0, 0.1) is 0 Å². The van der Waals surface area contributed by atoms with E-state index in [1.54, 1.807) is 21.3 Å². The van der Waals surface area contributed by atoms with Crippen molar-refractivity contribution in [2.45, 2.75) is 59.3 Å². The quantitative estimate of drug-likeness (QED) is 0.148. The van der Waals surface area contributed by atoms with E-state index in [4.69, 9.17) is 43.4 Å². The molecule has 0 saturated carbocycles. The molecule has 1 aromatic rings. The maximum absolute atomic E-state index is 5.84. The number of hydrogen-bond acceptors (Lipinski definition) is 12. The maximum Gasteiger partial charge on any atom is 0.235 e. The van der Waals surface area contributed by atoms with Crippen LogP contribution in [0.3, 0.4) is 0 Å². The van der Waals surface area contributed by atoms with E-state index in [9.17, 15) is 0 Å². The van der Waals surface area contributed by atoms with Gasteiger partial charge in [0.1, 0.15) is 40.4 Å². The monoisotopic (exact) mass is 516 g/mol. The van der Waals surface area contributed by atoms with E-state index >= 15 is 0 Å². The molecule has 1 rings (SSSR count). The van der Waals surface area contributed by atoms with Crippen molar-refractivity contribution in [2.24, 2.45) is 0 Å². The first-order chi connectivity index (χ1) is 17.6. The molecule has 0 radical (unpaired) electrons. The molecule has 0 saturated heterocycles. The van der Waals surface area contributed by atoms with Crippen LogP contribution in [0.1, 0.15) is 59.3 Å². The molecule has 1 heterocycles. The Morgan fingerprint density at radius 3 is 0.972 bits per heavy atom. The van der Waals surface area contributed by atoms with Crippen LogP contribution in [0.5, 0.6) is 0 Å². The molecule has 0 aliphatic carbocycles. The minimum absolute atomic E-state index is 0.254. The molecule has 0 aliphatic heterocycles. The molecule has 1 aromatic heterocycles. The molecule has 0 atom stereocenters. The lowest BCUT2D eigenvalue weighted by Gasteiger charge is -2.28. The number of ether oxygens (including phenoxy) is 6. The summed E-state index contributed by atoms with van der Waals surface area (Å²) in [5.74, 6) is 1.24. The maximum atomic E-state index is 5.84. The average molecular weight is 517 g/mol. The normalized spacial score (nSPS) is 11.2. The van der Waals surface area contributed by atoms with E-state index in [1.165, 1.54) is 0 Å². The first kappa shape index (κ1) is 32.2. The molecule has 36 heavy (non-hydrogen) atoms. The summed E-state index contributed by atoms with van der Waals surface area (Å²) in [5.41, 5.74) is 0. The largest absolute Gasteiger partial charge is 0.364 e. The highest BCUT2D eigenvalue weighted by Crippen LogP contribution is 2.20. The van der Waals surface area contributed by atoms with Gasteiger partial charge < -0.3 is 28.4 Å². The summed E-state index contributed by atoms with van der Waals surface area (Å²) >= 11 is 0. The van der Waals surface area contributed by atoms with Crippen LogP contribution < -0.4 is 14.7 Å². The van der Waals surface area contributed by atoms with Gasteiger partial charge in [0.25, 0.3) is 0 Å². The third kappa shape index (κ3) is 12.9. The van der Waals surface area contributed by atoms with Crippen LogP contribution in [-0.2, 0) is 28.4 Å². The van der Waals surface area contributed by atoms with Crippen LogP contribution in [0.25, 0.3) is 0 Å².